The Bertz CT molecular complexity index is 317. The number of hydrogen-bond donors (Lipinski definition) is 1. The maximum atomic E-state index is 10.6. The van der Waals surface area contributed by atoms with Crippen molar-refractivity contribution in [3.8, 4) is 0 Å². The van der Waals surface area contributed by atoms with Crippen LogP contribution in [-0.4, -0.2) is 20.8 Å². The van der Waals surface area contributed by atoms with Crippen LogP contribution in [0.25, 0.3) is 6.08 Å². The standard InChI is InChI=1S/C9H12N2OS/c1-7-10-6-9(11-7)4-3-5-13-8(2)12/h3-4,6H,5H2,1-2H3,(H,10,11). The van der Waals surface area contributed by atoms with E-state index in [9.17, 15) is 4.79 Å². The van der Waals surface area contributed by atoms with E-state index in [-0.39, 0.29) is 5.12 Å². The highest BCUT2D eigenvalue weighted by atomic mass is 32.2. The van der Waals surface area contributed by atoms with E-state index in [1.807, 2.05) is 19.1 Å². The number of nitrogens with one attached hydrogen (secondary N) is 1. The van der Waals surface area contributed by atoms with Crippen LogP contribution in [0.4, 0.5) is 0 Å². The van der Waals surface area contributed by atoms with Crippen LogP contribution in [0.3, 0.4) is 0 Å². The van der Waals surface area contributed by atoms with Crippen molar-refractivity contribution in [2.24, 2.45) is 0 Å². The fourth-order valence-electron chi connectivity index (χ4n) is 0.865. The van der Waals surface area contributed by atoms with Crippen molar-refractivity contribution in [3.63, 3.8) is 0 Å². The Hall–Kier alpha value is -1.03. The average Bonchev–Trinajstić information content (AvgIpc) is 2.45. The van der Waals surface area contributed by atoms with Crippen LogP contribution in [-0.2, 0) is 4.79 Å². The lowest BCUT2D eigenvalue weighted by Crippen LogP contribution is -1.81. The van der Waals surface area contributed by atoms with Crippen LogP contribution >= 0.6 is 11.8 Å². The summed E-state index contributed by atoms with van der Waals surface area (Å²) in [6.45, 7) is 3.47. The Kier molecular flexibility index (Phi) is 3.76. The van der Waals surface area contributed by atoms with Gasteiger partial charge in [-0.1, -0.05) is 17.8 Å². The van der Waals surface area contributed by atoms with Crippen LogP contribution in [0.1, 0.15) is 18.4 Å². The number of aromatic nitrogens is 2. The summed E-state index contributed by atoms with van der Waals surface area (Å²) in [4.78, 5) is 17.7. The van der Waals surface area contributed by atoms with E-state index < -0.39 is 0 Å². The van der Waals surface area contributed by atoms with Crippen molar-refractivity contribution >= 4 is 23.0 Å². The van der Waals surface area contributed by atoms with Gasteiger partial charge >= 0.3 is 0 Å². The lowest BCUT2D eigenvalue weighted by atomic mass is 10.4. The van der Waals surface area contributed by atoms with Crippen LogP contribution in [0.2, 0.25) is 0 Å². The molecule has 0 aliphatic rings. The first-order valence-corrected chi connectivity index (χ1v) is 4.98. The molecule has 0 amide bonds. The molecule has 3 nitrogen and oxygen atoms in total. The maximum Gasteiger partial charge on any atom is 0.186 e. The maximum absolute atomic E-state index is 10.6. The number of aryl methyl sites for hydroxylation is 1. The van der Waals surface area contributed by atoms with Crippen LogP contribution in [0, 0.1) is 6.92 Å². The number of rotatable bonds is 3. The molecule has 0 bridgehead atoms. The number of nitrogens with zero attached hydrogens (tertiary/aromatic N) is 1. The number of imidazole rings is 1. The molecule has 1 aromatic heterocycles. The number of aromatic amines is 1. The molecule has 0 aliphatic heterocycles. The zero-order chi connectivity index (χ0) is 9.68. The molecule has 0 saturated heterocycles. The van der Waals surface area contributed by atoms with Gasteiger partial charge < -0.3 is 4.98 Å². The smallest absolute Gasteiger partial charge is 0.186 e. The van der Waals surface area contributed by atoms with Gasteiger partial charge in [0.05, 0.1) is 11.9 Å². The molecule has 0 radical (unpaired) electrons. The normalized spacial score (nSPS) is 10.9. The summed E-state index contributed by atoms with van der Waals surface area (Å²) in [5, 5.41) is 0.144. The molecular weight excluding hydrogens is 184 g/mol. The average molecular weight is 196 g/mol. The zero-order valence-corrected chi connectivity index (χ0v) is 8.52. The second-order valence-electron chi connectivity index (χ2n) is 2.63. The first-order valence-electron chi connectivity index (χ1n) is 4.00. The molecule has 70 valence electrons. The largest absolute Gasteiger partial charge is 0.343 e. The molecule has 0 saturated carbocycles. The Labute approximate surface area is 81.6 Å². The van der Waals surface area contributed by atoms with E-state index in [2.05, 4.69) is 9.97 Å². The molecule has 1 heterocycles. The highest BCUT2D eigenvalue weighted by molar-refractivity contribution is 8.13. The van der Waals surface area contributed by atoms with E-state index >= 15 is 0 Å². The number of H-pyrrole nitrogens is 1. The predicted octanol–water partition coefficient (Wildman–Crippen LogP) is 2.01. The predicted molar refractivity (Wildman–Crippen MR) is 55.5 cm³/mol. The van der Waals surface area contributed by atoms with Crippen molar-refractivity contribution in [3.05, 3.63) is 23.8 Å². The highest BCUT2D eigenvalue weighted by Gasteiger charge is 1.91. The fraction of sp³-hybridized carbons (Fsp3) is 0.333. The monoisotopic (exact) mass is 196 g/mol. The van der Waals surface area contributed by atoms with Crippen molar-refractivity contribution in [2.75, 3.05) is 5.75 Å². The van der Waals surface area contributed by atoms with Crippen molar-refractivity contribution in [1.29, 1.82) is 0 Å². The van der Waals surface area contributed by atoms with Crippen molar-refractivity contribution in [1.82, 2.24) is 9.97 Å². The van der Waals surface area contributed by atoms with Gasteiger partial charge in [0.1, 0.15) is 5.82 Å². The minimum atomic E-state index is 0.144. The van der Waals surface area contributed by atoms with E-state index in [1.165, 1.54) is 11.8 Å². The van der Waals surface area contributed by atoms with Gasteiger partial charge in [-0.3, -0.25) is 4.79 Å². The second kappa shape index (κ2) is 4.87. The lowest BCUT2D eigenvalue weighted by Gasteiger charge is -1.87. The Balaban J connectivity index is 2.36. The van der Waals surface area contributed by atoms with Crippen LogP contribution < -0.4 is 0 Å². The van der Waals surface area contributed by atoms with Gasteiger partial charge in [-0.05, 0) is 13.0 Å². The molecule has 0 spiro atoms. The van der Waals surface area contributed by atoms with Gasteiger partial charge in [-0.15, -0.1) is 0 Å². The molecule has 1 aromatic rings. The van der Waals surface area contributed by atoms with Crippen molar-refractivity contribution < 1.29 is 4.79 Å². The van der Waals surface area contributed by atoms with E-state index in [0.29, 0.717) is 5.75 Å². The van der Waals surface area contributed by atoms with Gasteiger partial charge in [-0.25, -0.2) is 4.98 Å². The number of thioether (sulfide) groups is 1. The number of carbonyl (C=O) groups excluding carboxylic acids is 1. The van der Waals surface area contributed by atoms with E-state index in [1.54, 1.807) is 13.1 Å². The summed E-state index contributed by atoms with van der Waals surface area (Å²) in [6, 6.07) is 0. The Morgan fingerprint density at radius 1 is 1.77 bits per heavy atom. The molecular formula is C9H12N2OS. The first-order chi connectivity index (χ1) is 6.18. The molecule has 0 atom stereocenters. The lowest BCUT2D eigenvalue weighted by molar-refractivity contribution is -0.109. The van der Waals surface area contributed by atoms with Crippen LogP contribution in [0.15, 0.2) is 12.3 Å². The molecule has 0 fully saturated rings. The summed E-state index contributed by atoms with van der Waals surface area (Å²) in [7, 11) is 0. The summed E-state index contributed by atoms with van der Waals surface area (Å²) >= 11 is 1.30. The van der Waals surface area contributed by atoms with E-state index in [4.69, 9.17) is 0 Å². The summed E-state index contributed by atoms with van der Waals surface area (Å²) < 4.78 is 0. The molecule has 13 heavy (non-hydrogen) atoms. The van der Waals surface area contributed by atoms with Crippen LogP contribution in [0.5, 0.6) is 0 Å². The van der Waals surface area contributed by atoms with Gasteiger partial charge in [0.2, 0.25) is 0 Å². The third-order valence-corrected chi connectivity index (χ3v) is 2.17. The topological polar surface area (TPSA) is 45.8 Å². The zero-order valence-electron chi connectivity index (χ0n) is 7.70. The summed E-state index contributed by atoms with van der Waals surface area (Å²) in [5.41, 5.74) is 0.974. The highest BCUT2D eigenvalue weighted by Crippen LogP contribution is 2.03. The SMILES string of the molecule is CC(=O)SCC=Cc1cnc(C)[nH]1. The second-order valence-corrected chi connectivity index (χ2v) is 3.83. The Morgan fingerprint density at radius 2 is 2.54 bits per heavy atom. The quantitative estimate of drug-likeness (QED) is 0.804. The third-order valence-electron chi connectivity index (χ3n) is 1.40. The first kappa shape index (κ1) is 10.1. The van der Waals surface area contributed by atoms with E-state index in [0.717, 1.165) is 11.5 Å². The fourth-order valence-corrected chi connectivity index (χ4v) is 1.29. The summed E-state index contributed by atoms with van der Waals surface area (Å²) in [5.74, 6) is 1.62. The third kappa shape index (κ3) is 3.94. The molecule has 0 aromatic carbocycles. The minimum absolute atomic E-state index is 0.144. The van der Waals surface area contributed by atoms with Crippen molar-refractivity contribution in [2.45, 2.75) is 13.8 Å². The van der Waals surface area contributed by atoms with Gasteiger partial charge in [0.15, 0.2) is 5.12 Å². The number of hydrogen-bond acceptors (Lipinski definition) is 3. The Morgan fingerprint density at radius 3 is 3.08 bits per heavy atom. The summed E-state index contributed by atoms with van der Waals surface area (Å²) in [6.07, 6.45) is 5.64. The number of carbonyl (C=O) groups is 1. The van der Waals surface area contributed by atoms with Gasteiger partial charge in [-0.2, -0.15) is 0 Å². The molecule has 1 rings (SSSR count). The molecule has 0 aliphatic carbocycles. The molecule has 1 N–H and O–H groups in total. The van der Waals surface area contributed by atoms with Gasteiger partial charge in [0, 0.05) is 12.7 Å². The van der Waals surface area contributed by atoms with Gasteiger partial charge in [0.25, 0.3) is 0 Å². The molecule has 0 unspecified atom stereocenters. The molecule has 4 heteroatoms. The minimum Gasteiger partial charge on any atom is -0.343 e.